The van der Waals surface area contributed by atoms with Gasteiger partial charge in [0.05, 0.1) is 5.56 Å². The topological polar surface area (TPSA) is 46.5 Å². The quantitative estimate of drug-likeness (QED) is 0.330. The Morgan fingerprint density at radius 3 is 2.47 bits per heavy atom. The van der Waals surface area contributed by atoms with Crippen LogP contribution in [0.4, 0.5) is 0 Å². The van der Waals surface area contributed by atoms with Crippen LogP contribution in [-0.2, 0) is 0 Å². The normalized spacial score (nSPS) is 16.7. The third kappa shape index (κ3) is 4.40. The van der Waals surface area contributed by atoms with Crippen LogP contribution in [0.15, 0.2) is 77.9 Å². The minimum Gasteiger partial charge on any atom is -0.507 e. The van der Waals surface area contributed by atoms with E-state index in [1.165, 1.54) is 23.6 Å². The van der Waals surface area contributed by atoms with Crippen molar-refractivity contribution < 1.29 is 14.6 Å². The first-order chi connectivity index (χ1) is 14.2. The first-order valence-corrected chi connectivity index (χ1v) is 10.4. The maximum absolute atomic E-state index is 12.5. The summed E-state index contributed by atoms with van der Waals surface area (Å²) in [6.07, 6.45) is 5.14. The summed E-state index contributed by atoms with van der Waals surface area (Å²) in [6, 6.07) is 13.9. The lowest BCUT2D eigenvalue weighted by atomic mass is 9.68. The molecule has 3 nitrogen and oxygen atoms in total. The standard InChI is InChI=1S/C27H30O3/c1-6-18(2)24(25-19(3)11-10-16-27(25,4)5)22-15-14-20(17-23(22)28)26(29)30-21-12-8-7-9-13-21/h6-9,12-15,17,28H,1,10-11,16H2,2-5H3. The molecular weight excluding hydrogens is 372 g/mol. The predicted octanol–water partition coefficient (Wildman–Crippen LogP) is 7.10. The number of aromatic hydroxyl groups is 1. The highest BCUT2D eigenvalue weighted by Crippen LogP contribution is 2.49. The number of ether oxygens (including phenoxy) is 1. The maximum Gasteiger partial charge on any atom is 0.343 e. The second-order valence-corrected chi connectivity index (χ2v) is 8.59. The van der Waals surface area contributed by atoms with Crippen LogP contribution in [0.25, 0.3) is 5.57 Å². The number of hydrogen-bond donors (Lipinski definition) is 1. The van der Waals surface area contributed by atoms with Gasteiger partial charge in [-0.3, -0.25) is 0 Å². The fraction of sp³-hybridized carbons (Fsp3) is 0.296. The number of para-hydroxylation sites is 1. The van der Waals surface area contributed by atoms with Gasteiger partial charge in [0, 0.05) is 5.56 Å². The fourth-order valence-electron chi connectivity index (χ4n) is 4.35. The Labute approximate surface area is 179 Å². The maximum atomic E-state index is 12.5. The molecule has 2 aromatic carbocycles. The van der Waals surface area contributed by atoms with Gasteiger partial charge in [0.15, 0.2) is 0 Å². The van der Waals surface area contributed by atoms with E-state index in [2.05, 4.69) is 27.4 Å². The Morgan fingerprint density at radius 2 is 1.87 bits per heavy atom. The lowest BCUT2D eigenvalue weighted by Crippen LogP contribution is -2.22. The highest BCUT2D eigenvalue weighted by atomic mass is 16.5. The summed E-state index contributed by atoms with van der Waals surface area (Å²) < 4.78 is 5.40. The van der Waals surface area contributed by atoms with Crippen LogP contribution in [0.2, 0.25) is 0 Å². The predicted molar refractivity (Wildman–Crippen MR) is 123 cm³/mol. The van der Waals surface area contributed by atoms with Gasteiger partial charge in [0.25, 0.3) is 0 Å². The van der Waals surface area contributed by atoms with Gasteiger partial charge in [-0.1, -0.05) is 50.3 Å². The zero-order valence-corrected chi connectivity index (χ0v) is 18.3. The monoisotopic (exact) mass is 402 g/mol. The van der Waals surface area contributed by atoms with Gasteiger partial charge in [0.1, 0.15) is 11.5 Å². The van der Waals surface area contributed by atoms with Gasteiger partial charge >= 0.3 is 5.97 Å². The molecule has 1 aliphatic rings. The van der Waals surface area contributed by atoms with E-state index in [0.717, 1.165) is 24.0 Å². The molecule has 0 aromatic heterocycles. The summed E-state index contributed by atoms with van der Waals surface area (Å²) >= 11 is 0. The molecule has 3 heteroatoms. The second kappa shape index (κ2) is 8.74. The Morgan fingerprint density at radius 1 is 1.17 bits per heavy atom. The summed E-state index contributed by atoms with van der Waals surface area (Å²) in [5.74, 6) is 0.0386. The molecule has 156 valence electrons. The molecule has 3 rings (SSSR count). The molecule has 0 saturated carbocycles. The Balaban J connectivity index is 2.03. The molecule has 0 bridgehead atoms. The number of carbonyl (C=O) groups excluding carboxylic acids is 1. The molecule has 0 fully saturated rings. The molecule has 1 N–H and O–H groups in total. The SMILES string of the molecule is C=CC(C)=C(C1=C(C)CCCC1(C)C)c1ccc(C(=O)Oc2ccccc2)cc1O. The molecule has 1 aliphatic carbocycles. The van der Waals surface area contributed by atoms with Crippen molar-refractivity contribution in [1.82, 2.24) is 0 Å². The lowest BCUT2D eigenvalue weighted by molar-refractivity contribution is 0.0734. The van der Waals surface area contributed by atoms with E-state index in [1.54, 1.807) is 30.3 Å². The average molecular weight is 403 g/mol. The van der Waals surface area contributed by atoms with Crippen molar-refractivity contribution in [2.75, 3.05) is 0 Å². The number of phenolic OH excluding ortho intramolecular Hbond substituents is 1. The molecule has 0 amide bonds. The minimum atomic E-state index is -0.498. The van der Waals surface area contributed by atoms with Gasteiger partial charge in [-0.25, -0.2) is 4.79 Å². The molecule has 0 saturated heterocycles. The summed E-state index contributed by atoms with van der Waals surface area (Å²) in [7, 11) is 0. The highest BCUT2D eigenvalue weighted by molar-refractivity contribution is 5.94. The third-order valence-corrected chi connectivity index (χ3v) is 5.86. The van der Waals surface area contributed by atoms with E-state index in [0.29, 0.717) is 16.9 Å². The summed E-state index contributed by atoms with van der Waals surface area (Å²) in [4.78, 5) is 12.5. The van der Waals surface area contributed by atoms with Crippen molar-refractivity contribution in [3.63, 3.8) is 0 Å². The first-order valence-electron chi connectivity index (χ1n) is 10.4. The van der Waals surface area contributed by atoms with E-state index >= 15 is 0 Å². The molecule has 0 heterocycles. The van der Waals surface area contributed by atoms with E-state index in [-0.39, 0.29) is 11.2 Å². The van der Waals surface area contributed by atoms with Crippen LogP contribution >= 0.6 is 0 Å². The van der Waals surface area contributed by atoms with Gasteiger partial charge in [-0.15, -0.1) is 0 Å². The first kappa shape index (κ1) is 21.6. The van der Waals surface area contributed by atoms with Crippen LogP contribution in [0.5, 0.6) is 11.5 Å². The van der Waals surface area contributed by atoms with Crippen molar-refractivity contribution in [2.45, 2.75) is 47.0 Å². The zero-order valence-electron chi connectivity index (χ0n) is 18.3. The van der Waals surface area contributed by atoms with Gasteiger partial charge < -0.3 is 9.84 Å². The van der Waals surface area contributed by atoms with Crippen LogP contribution in [0.3, 0.4) is 0 Å². The number of hydrogen-bond acceptors (Lipinski definition) is 3. The molecule has 0 spiro atoms. The van der Waals surface area contributed by atoms with Crippen LogP contribution < -0.4 is 4.74 Å². The minimum absolute atomic E-state index is 0.000706. The average Bonchev–Trinajstić information content (AvgIpc) is 2.71. The van der Waals surface area contributed by atoms with Crippen molar-refractivity contribution in [2.24, 2.45) is 5.41 Å². The van der Waals surface area contributed by atoms with Crippen molar-refractivity contribution in [3.05, 3.63) is 89.0 Å². The largest absolute Gasteiger partial charge is 0.507 e. The molecule has 30 heavy (non-hydrogen) atoms. The number of benzene rings is 2. The van der Waals surface area contributed by atoms with Gasteiger partial charge in [0.2, 0.25) is 0 Å². The van der Waals surface area contributed by atoms with Crippen molar-refractivity contribution in [1.29, 1.82) is 0 Å². The Bertz CT molecular complexity index is 1020. The molecule has 0 atom stereocenters. The van der Waals surface area contributed by atoms with Gasteiger partial charge in [-0.05, 0) is 85.6 Å². The van der Waals surface area contributed by atoms with Crippen molar-refractivity contribution in [3.8, 4) is 11.5 Å². The second-order valence-electron chi connectivity index (χ2n) is 8.59. The fourth-order valence-corrected chi connectivity index (χ4v) is 4.35. The molecule has 0 unspecified atom stereocenters. The number of allylic oxidation sites excluding steroid dienone is 5. The highest BCUT2D eigenvalue weighted by Gasteiger charge is 2.32. The Kier molecular flexibility index (Phi) is 6.31. The molecule has 0 aliphatic heterocycles. The number of esters is 1. The van der Waals surface area contributed by atoms with E-state index in [9.17, 15) is 9.90 Å². The summed E-state index contributed by atoms with van der Waals surface area (Å²) in [6.45, 7) is 12.7. The number of phenols is 1. The lowest BCUT2D eigenvalue weighted by Gasteiger charge is -2.37. The molecular formula is C27H30O3. The van der Waals surface area contributed by atoms with Gasteiger partial charge in [-0.2, -0.15) is 0 Å². The molecule has 2 aromatic rings. The Hall–Kier alpha value is -3.07. The summed E-state index contributed by atoms with van der Waals surface area (Å²) in [5.41, 5.74) is 5.65. The van der Waals surface area contributed by atoms with Crippen molar-refractivity contribution >= 4 is 11.5 Å². The summed E-state index contributed by atoms with van der Waals surface area (Å²) in [5, 5.41) is 10.9. The van der Waals surface area contributed by atoms with Crippen LogP contribution in [-0.4, -0.2) is 11.1 Å². The third-order valence-electron chi connectivity index (χ3n) is 5.86. The van der Waals surface area contributed by atoms with E-state index < -0.39 is 5.97 Å². The smallest absolute Gasteiger partial charge is 0.343 e. The van der Waals surface area contributed by atoms with E-state index in [1.807, 2.05) is 25.1 Å². The van der Waals surface area contributed by atoms with Crippen LogP contribution in [0.1, 0.15) is 62.9 Å². The number of carbonyl (C=O) groups is 1. The zero-order chi connectivity index (χ0) is 21.9. The van der Waals surface area contributed by atoms with E-state index in [4.69, 9.17) is 4.74 Å². The molecule has 0 radical (unpaired) electrons. The number of rotatable bonds is 5. The van der Waals surface area contributed by atoms with Crippen LogP contribution in [0, 0.1) is 5.41 Å².